The van der Waals surface area contributed by atoms with Crippen molar-refractivity contribution in [1.29, 1.82) is 0 Å². The molecule has 3 rings (SSSR count). The first-order chi connectivity index (χ1) is 10.7. The average molecular weight is 303 g/mol. The van der Waals surface area contributed by atoms with Gasteiger partial charge in [-0.05, 0) is 17.2 Å². The minimum Gasteiger partial charge on any atom is -0.485 e. The number of para-hydroxylation sites is 1. The van der Waals surface area contributed by atoms with Crippen molar-refractivity contribution in [3.63, 3.8) is 0 Å². The topological polar surface area (TPSA) is 61.7 Å². The number of fused-ring (bicyclic) bond motifs is 2. The largest absolute Gasteiger partial charge is 0.485 e. The smallest absolute Gasteiger partial charge is 0.165 e. The van der Waals surface area contributed by atoms with Crippen molar-refractivity contribution >= 4 is 0 Å². The minimum absolute atomic E-state index is 0.0375. The van der Waals surface area contributed by atoms with Crippen LogP contribution in [0.1, 0.15) is 16.7 Å². The Hall–Kier alpha value is -1.95. The molecule has 1 aliphatic heterocycles. The van der Waals surface area contributed by atoms with Crippen molar-refractivity contribution in [2.75, 3.05) is 19.7 Å². The van der Waals surface area contributed by atoms with Crippen LogP contribution in [-0.2, 0) is 12.2 Å². The molecule has 3 N–H and O–H groups in total. The van der Waals surface area contributed by atoms with Crippen LogP contribution < -0.4 is 10.1 Å². The summed E-state index contributed by atoms with van der Waals surface area (Å²) in [6.07, 6.45) is 0. The highest BCUT2D eigenvalue weighted by molar-refractivity contribution is 5.50. The molecule has 2 aromatic rings. The Morgan fingerprint density at radius 1 is 1.14 bits per heavy atom. The summed E-state index contributed by atoms with van der Waals surface area (Å²) in [4.78, 5) is 0. The molecule has 5 heteroatoms. The summed E-state index contributed by atoms with van der Waals surface area (Å²) in [6.45, 7) is 0.664. The summed E-state index contributed by atoms with van der Waals surface area (Å²) >= 11 is 0. The fourth-order valence-corrected chi connectivity index (χ4v) is 2.86. The molecule has 1 atom stereocenters. The molecule has 0 saturated heterocycles. The van der Waals surface area contributed by atoms with E-state index in [4.69, 9.17) is 9.84 Å². The van der Waals surface area contributed by atoms with Crippen LogP contribution in [0.15, 0.2) is 42.5 Å². The van der Waals surface area contributed by atoms with E-state index < -0.39 is 11.4 Å². The monoisotopic (exact) mass is 303 g/mol. The van der Waals surface area contributed by atoms with E-state index in [0.29, 0.717) is 17.7 Å². The van der Waals surface area contributed by atoms with Crippen LogP contribution in [0, 0.1) is 5.82 Å². The molecule has 0 aliphatic carbocycles. The van der Waals surface area contributed by atoms with E-state index in [2.05, 4.69) is 5.32 Å². The molecule has 4 nitrogen and oxygen atoms in total. The molecular weight excluding hydrogens is 285 g/mol. The van der Waals surface area contributed by atoms with E-state index in [1.165, 1.54) is 6.07 Å². The summed E-state index contributed by atoms with van der Waals surface area (Å²) < 4.78 is 19.7. The van der Waals surface area contributed by atoms with Crippen LogP contribution in [0.25, 0.3) is 0 Å². The lowest BCUT2D eigenvalue weighted by Gasteiger charge is -2.30. The van der Waals surface area contributed by atoms with Gasteiger partial charge in [-0.25, -0.2) is 4.39 Å². The maximum absolute atomic E-state index is 14.1. The van der Waals surface area contributed by atoms with E-state index in [0.717, 1.165) is 5.56 Å². The van der Waals surface area contributed by atoms with Gasteiger partial charge in [-0.15, -0.1) is 0 Å². The standard InChI is InChI=1S/C17H18FNO3/c18-15-7-3-6-14-16(15)22-10-12-4-1-2-5-13(12)17(14,21)11-19-8-9-20/h1-7,19-21H,8-11H2. The van der Waals surface area contributed by atoms with E-state index >= 15 is 0 Å². The highest BCUT2D eigenvalue weighted by atomic mass is 19.1. The summed E-state index contributed by atoms with van der Waals surface area (Å²) in [5, 5.41) is 23.3. The van der Waals surface area contributed by atoms with Crippen molar-refractivity contribution in [3.05, 3.63) is 65.0 Å². The van der Waals surface area contributed by atoms with Crippen LogP contribution in [0.5, 0.6) is 5.75 Å². The second-order valence-corrected chi connectivity index (χ2v) is 5.32. The molecule has 0 aromatic heterocycles. The molecule has 22 heavy (non-hydrogen) atoms. The maximum atomic E-state index is 14.1. The van der Waals surface area contributed by atoms with Gasteiger partial charge in [0.2, 0.25) is 0 Å². The van der Waals surface area contributed by atoms with Gasteiger partial charge >= 0.3 is 0 Å². The number of hydrogen-bond donors (Lipinski definition) is 3. The van der Waals surface area contributed by atoms with Crippen LogP contribution >= 0.6 is 0 Å². The first-order valence-corrected chi connectivity index (χ1v) is 7.21. The molecule has 1 heterocycles. The third-order valence-electron chi connectivity index (χ3n) is 3.92. The van der Waals surface area contributed by atoms with E-state index in [-0.39, 0.29) is 25.5 Å². The Morgan fingerprint density at radius 3 is 2.73 bits per heavy atom. The fraction of sp³-hybridized carbons (Fsp3) is 0.294. The second-order valence-electron chi connectivity index (χ2n) is 5.32. The molecule has 0 bridgehead atoms. The second kappa shape index (κ2) is 6.04. The quantitative estimate of drug-likeness (QED) is 0.750. The van der Waals surface area contributed by atoms with Gasteiger partial charge in [0, 0.05) is 18.7 Å². The predicted molar refractivity (Wildman–Crippen MR) is 80.1 cm³/mol. The molecule has 1 unspecified atom stereocenters. The Labute approximate surface area is 128 Å². The van der Waals surface area contributed by atoms with E-state index in [9.17, 15) is 9.50 Å². The third kappa shape index (κ3) is 2.47. The number of ether oxygens (including phenoxy) is 1. The van der Waals surface area contributed by atoms with Crippen molar-refractivity contribution in [3.8, 4) is 5.75 Å². The number of halogens is 1. The van der Waals surface area contributed by atoms with Gasteiger partial charge in [0.15, 0.2) is 11.6 Å². The zero-order chi connectivity index (χ0) is 15.6. The summed E-state index contributed by atoms with van der Waals surface area (Å²) in [5.41, 5.74) is 0.471. The van der Waals surface area contributed by atoms with Crippen LogP contribution in [0.3, 0.4) is 0 Å². The van der Waals surface area contributed by atoms with Gasteiger partial charge in [-0.1, -0.05) is 36.4 Å². The highest BCUT2D eigenvalue weighted by Gasteiger charge is 2.38. The molecule has 1 aliphatic rings. The number of aliphatic hydroxyl groups is 2. The average Bonchev–Trinajstić information content (AvgIpc) is 2.65. The van der Waals surface area contributed by atoms with Crippen LogP contribution in [0.4, 0.5) is 4.39 Å². The molecule has 0 saturated carbocycles. The summed E-state index contributed by atoms with van der Waals surface area (Å²) in [5.74, 6) is -0.419. The third-order valence-corrected chi connectivity index (χ3v) is 3.92. The van der Waals surface area contributed by atoms with E-state index in [1.807, 2.05) is 24.3 Å². The lowest BCUT2D eigenvalue weighted by Crippen LogP contribution is -2.40. The molecule has 0 radical (unpaired) electrons. The Morgan fingerprint density at radius 2 is 1.91 bits per heavy atom. The summed E-state index contributed by atoms with van der Waals surface area (Å²) in [7, 11) is 0. The first kappa shape index (κ1) is 15.0. The number of aliphatic hydroxyl groups excluding tert-OH is 1. The van der Waals surface area contributed by atoms with E-state index in [1.54, 1.807) is 12.1 Å². The van der Waals surface area contributed by atoms with Gasteiger partial charge in [0.05, 0.1) is 6.61 Å². The molecule has 0 fully saturated rings. The molecular formula is C17H18FNO3. The van der Waals surface area contributed by atoms with Crippen LogP contribution in [0.2, 0.25) is 0 Å². The van der Waals surface area contributed by atoms with Gasteiger partial charge in [-0.2, -0.15) is 0 Å². The van der Waals surface area contributed by atoms with Gasteiger partial charge in [-0.3, -0.25) is 0 Å². The number of benzene rings is 2. The molecule has 116 valence electrons. The molecule has 2 aromatic carbocycles. The Kier molecular flexibility index (Phi) is 4.11. The van der Waals surface area contributed by atoms with Gasteiger partial charge in [0.1, 0.15) is 12.2 Å². The minimum atomic E-state index is -1.42. The zero-order valence-corrected chi connectivity index (χ0v) is 12.1. The number of hydrogen-bond acceptors (Lipinski definition) is 4. The van der Waals surface area contributed by atoms with Crippen molar-refractivity contribution < 1.29 is 19.3 Å². The predicted octanol–water partition coefficient (Wildman–Crippen LogP) is 1.54. The molecule has 0 spiro atoms. The summed E-state index contributed by atoms with van der Waals surface area (Å²) in [6, 6.07) is 11.9. The Balaban J connectivity index is 2.14. The van der Waals surface area contributed by atoms with Crippen LogP contribution in [-0.4, -0.2) is 29.9 Å². The normalized spacial score (nSPS) is 19.8. The maximum Gasteiger partial charge on any atom is 0.165 e. The van der Waals surface area contributed by atoms with Crippen molar-refractivity contribution in [2.45, 2.75) is 12.2 Å². The Bertz CT molecular complexity index is 677. The number of rotatable bonds is 4. The first-order valence-electron chi connectivity index (χ1n) is 7.21. The zero-order valence-electron chi connectivity index (χ0n) is 12.1. The lowest BCUT2D eigenvalue weighted by molar-refractivity contribution is 0.0774. The van der Waals surface area contributed by atoms with Crippen molar-refractivity contribution in [1.82, 2.24) is 5.32 Å². The lowest BCUT2D eigenvalue weighted by atomic mass is 9.83. The molecule has 0 amide bonds. The van der Waals surface area contributed by atoms with Crippen molar-refractivity contribution in [2.24, 2.45) is 0 Å². The number of nitrogens with one attached hydrogen (secondary N) is 1. The van der Waals surface area contributed by atoms with Gasteiger partial charge < -0.3 is 20.3 Å². The SMILES string of the molecule is OCCNCC1(O)c2ccccc2COc2c(F)cccc21. The fourth-order valence-electron chi connectivity index (χ4n) is 2.86. The highest BCUT2D eigenvalue weighted by Crippen LogP contribution is 2.41. The van der Waals surface area contributed by atoms with Gasteiger partial charge in [0.25, 0.3) is 0 Å².